The summed E-state index contributed by atoms with van der Waals surface area (Å²) in [5.41, 5.74) is 0. The van der Waals surface area contributed by atoms with Crippen LogP contribution in [0.15, 0.2) is 30.3 Å². The van der Waals surface area contributed by atoms with E-state index in [-0.39, 0.29) is 0 Å². The minimum atomic E-state index is -4.61. The normalized spacial score (nSPS) is 14.7. The molecule has 0 fully saturated rings. The molecular formula is C11H17O9P. The van der Waals surface area contributed by atoms with Crippen molar-refractivity contribution in [1.29, 1.82) is 0 Å². The monoisotopic (exact) mass is 324 g/mol. The molecule has 10 heteroatoms. The van der Waals surface area contributed by atoms with Gasteiger partial charge >= 0.3 is 7.82 Å². The Hall–Kier alpha value is -1.03. The van der Waals surface area contributed by atoms with E-state index in [1.54, 1.807) is 37.3 Å². The second-order valence-corrected chi connectivity index (χ2v) is 5.14. The Morgan fingerprint density at radius 2 is 1.81 bits per heavy atom. The van der Waals surface area contributed by atoms with E-state index in [1.807, 2.05) is 0 Å². The van der Waals surface area contributed by atoms with Crippen molar-refractivity contribution in [2.24, 2.45) is 0 Å². The van der Waals surface area contributed by atoms with Gasteiger partial charge in [-0.1, -0.05) is 25.1 Å². The van der Waals surface area contributed by atoms with E-state index in [0.29, 0.717) is 12.2 Å². The molecule has 0 heterocycles. The zero-order valence-electron chi connectivity index (χ0n) is 11.4. The largest absolute Gasteiger partial charge is 0.469 e. The molecule has 1 aromatic carbocycles. The molecule has 0 radical (unpaired) electrons. The SMILES string of the molecule is CCC(OOOOOc1ccccc1)C(C)OP(=O)(O)O. The predicted molar refractivity (Wildman–Crippen MR) is 68.1 cm³/mol. The number of benzene rings is 1. The number of phosphoric acid groups is 1. The van der Waals surface area contributed by atoms with Crippen LogP contribution in [0.1, 0.15) is 20.3 Å². The van der Waals surface area contributed by atoms with E-state index in [0.717, 1.165) is 0 Å². The number of phosphoric ester groups is 1. The first-order valence-electron chi connectivity index (χ1n) is 6.04. The van der Waals surface area contributed by atoms with Crippen molar-refractivity contribution in [2.75, 3.05) is 0 Å². The van der Waals surface area contributed by atoms with Crippen LogP contribution in [-0.2, 0) is 29.1 Å². The lowest BCUT2D eigenvalue weighted by Gasteiger charge is -2.20. The van der Waals surface area contributed by atoms with Crippen molar-refractivity contribution in [2.45, 2.75) is 32.5 Å². The van der Waals surface area contributed by atoms with E-state index >= 15 is 0 Å². The van der Waals surface area contributed by atoms with E-state index in [2.05, 4.69) is 24.5 Å². The third-order valence-electron chi connectivity index (χ3n) is 2.32. The van der Waals surface area contributed by atoms with Gasteiger partial charge in [-0.3, -0.25) is 4.52 Å². The quantitative estimate of drug-likeness (QED) is 0.289. The van der Waals surface area contributed by atoms with Crippen LogP contribution in [0, 0.1) is 0 Å². The van der Waals surface area contributed by atoms with Gasteiger partial charge in [0.1, 0.15) is 6.10 Å². The van der Waals surface area contributed by atoms with Gasteiger partial charge in [-0.2, -0.15) is 4.89 Å². The molecule has 9 nitrogen and oxygen atoms in total. The molecule has 0 saturated carbocycles. The molecule has 0 saturated heterocycles. The standard InChI is InChI=1S/C11H17O9P/c1-3-11(9(2)17-21(12,13)14)16-19-20-18-15-10-7-5-4-6-8-10/h4-9,11H,3H2,1-2H3,(H2,12,13,14). The van der Waals surface area contributed by atoms with E-state index in [1.165, 1.54) is 6.92 Å². The summed E-state index contributed by atoms with van der Waals surface area (Å²) in [6.07, 6.45) is -1.35. The zero-order chi connectivity index (χ0) is 15.7. The first-order valence-corrected chi connectivity index (χ1v) is 7.57. The van der Waals surface area contributed by atoms with E-state index in [9.17, 15) is 4.57 Å². The van der Waals surface area contributed by atoms with Gasteiger partial charge in [0.25, 0.3) is 0 Å². The minimum Gasteiger partial charge on any atom is -0.306 e. The first kappa shape index (κ1) is 18.0. The third kappa shape index (κ3) is 8.10. The van der Waals surface area contributed by atoms with Crippen LogP contribution in [0.2, 0.25) is 0 Å². The third-order valence-corrected chi connectivity index (χ3v) is 2.93. The van der Waals surface area contributed by atoms with Crippen molar-refractivity contribution >= 4 is 7.82 Å². The highest BCUT2D eigenvalue weighted by Gasteiger charge is 2.26. The van der Waals surface area contributed by atoms with Crippen LogP contribution in [0.25, 0.3) is 0 Å². The van der Waals surface area contributed by atoms with Crippen LogP contribution in [-0.4, -0.2) is 22.0 Å². The Bertz CT molecular complexity index is 435. The lowest BCUT2D eigenvalue weighted by Crippen LogP contribution is -2.28. The molecule has 0 aliphatic heterocycles. The second kappa shape index (κ2) is 9.08. The fourth-order valence-corrected chi connectivity index (χ4v) is 1.94. The molecule has 2 atom stereocenters. The van der Waals surface area contributed by atoms with Gasteiger partial charge in [0.05, 0.1) is 6.10 Å². The summed E-state index contributed by atoms with van der Waals surface area (Å²) >= 11 is 0. The van der Waals surface area contributed by atoms with Crippen molar-refractivity contribution in [3.8, 4) is 5.75 Å². The van der Waals surface area contributed by atoms with Crippen LogP contribution < -0.4 is 4.89 Å². The smallest absolute Gasteiger partial charge is 0.306 e. The molecule has 0 aromatic heterocycles. The zero-order valence-corrected chi connectivity index (χ0v) is 12.3. The summed E-state index contributed by atoms with van der Waals surface area (Å²) in [4.78, 5) is 26.8. The van der Waals surface area contributed by atoms with E-state index < -0.39 is 20.0 Å². The van der Waals surface area contributed by atoms with Gasteiger partial charge in [-0.15, -0.1) is 0 Å². The molecule has 0 aliphatic rings. The first-order chi connectivity index (χ1) is 9.92. The number of rotatable bonds is 10. The fraction of sp³-hybridized carbons (Fsp3) is 0.455. The Kier molecular flexibility index (Phi) is 7.79. The van der Waals surface area contributed by atoms with Crippen molar-refractivity contribution in [3.05, 3.63) is 30.3 Å². The number of hydrogen-bond acceptors (Lipinski definition) is 7. The van der Waals surface area contributed by atoms with Crippen molar-refractivity contribution in [1.82, 2.24) is 0 Å². The summed E-state index contributed by atoms with van der Waals surface area (Å²) in [6.45, 7) is 3.12. The molecule has 2 unspecified atom stereocenters. The van der Waals surface area contributed by atoms with Crippen molar-refractivity contribution < 1.29 is 43.8 Å². The lowest BCUT2D eigenvalue weighted by atomic mass is 10.2. The summed E-state index contributed by atoms with van der Waals surface area (Å²) in [6, 6.07) is 8.49. The molecule has 0 aliphatic carbocycles. The van der Waals surface area contributed by atoms with Crippen LogP contribution in [0.4, 0.5) is 0 Å². The maximum absolute atomic E-state index is 10.7. The van der Waals surface area contributed by atoms with E-state index in [4.69, 9.17) is 14.7 Å². The van der Waals surface area contributed by atoms with Crippen LogP contribution in [0.5, 0.6) is 5.75 Å². The minimum absolute atomic E-state index is 0.351. The Morgan fingerprint density at radius 3 is 2.38 bits per heavy atom. The molecule has 120 valence electrons. The Labute approximate surface area is 121 Å². The van der Waals surface area contributed by atoms with Crippen molar-refractivity contribution in [3.63, 3.8) is 0 Å². The molecule has 0 amide bonds. The summed E-state index contributed by atoms with van der Waals surface area (Å²) in [5.74, 6) is 0.381. The highest BCUT2D eigenvalue weighted by Crippen LogP contribution is 2.38. The Balaban J connectivity index is 2.21. The highest BCUT2D eigenvalue weighted by molar-refractivity contribution is 7.46. The van der Waals surface area contributed by atoms with Gasteiger partial charge in [-0.05, 0) is 30.5 Å². The van der Waals surface area contributed by atoms with Gasteiger partial charge in [0.2, 0.25) is 0 Å². The maximum atomic E-state index is 10.7. The number of hydrogen-bond donors (Lipinski definition) is 2. The van der Waals surface area contributed by atoms with Crippen LogP contribution in [0.3, 0.4) is 0 Å². The molecule has 2 N–H and O–H groups in total. The average Bonchev–Trinajstić information content (AvgIpc) is 2.42. The topological polar surface area (TPSA) is 113 Å². The number of para-hydroxylation sites is 1. The maximum Gasteiger partial charge on any atom is 0.469 e. The summed E-state index contributed by atoms with van der Waals surface area (Å²) in [7, 11) is -4.61. The lowest BCUT2D eigenvalue weighted by molar-refractivity contribution is -0.697. The second-order valence-electron chi connectivity index (χ2n) is 3.94. The van der Waals surface area contributed by atoms with Gasteiger partial charge in [-0.25, -0.2) is 4.57 Å². The average molecular weight is 324 g/mol. The molecule has 1 rings (SSSR count). The summed E-state index contributed by atoms with van der Waals surface area (Å²) < 4.78 is 15.1. The molecular weight excluding hydrogens is 307 g/mol. The fourth-order valence-electron chi connectivity index (χ4n) is 1.37. The predicted octanol–water partition coefficient (Wildman–Crippen LogP) is 2.07. The van der Waals surface area contributed by atoms with Crippen LogP contribution >= 0.6 is 7.82 Å². The molecule has 0 bridgehead atoms. The van der Waals surface area contributed by atoms with Gasteiger partial charge in [0, 0.05) is 10.1 Å². The van der Waals surface area contributed by atoms with Gasteiger partial charge in [0.15, 0.2) is 5.75 Å². The molecule has 21 heavy (non-hydrogen) atoms. The molecule has 1 aromatic rings. The molecule has 0 spiro atoms. The van der Waals surface area contributed by atoms with Gasteiger partial charge < -0.3 is 14.7 Å². The highest BCUT2D eigenvalue weighted by atomic mass is 31.2. The summed E-state index contributed by atoms with van der Waals surface area (Å²) in [5, 5.41) is 12.7. The Morgan fingerprint density at radius 1 is 1.14 bits per heavy atom.